The lowest BCUT2D eigenvalue weighted by Crippen LogP contribution is -2.74. The maximum atomic E-state index is 14.0. The molecule has 3 aromatic rings. The van der Waals surface area contributed by atoms with Gasteiger partial charge in [0, 0.05) is 13.0 Å². The number of alkyl halides is 3. The van der Waals surface area contributed by atoms with E-state index in [2.05, 4.69) is 5.32 Å². The van der Waals surface area contributed by atoms with Crippen LogP contribution in [0.4, 0.5) is 18.0 Å². The van der Waals surface area contributed by atoms with E-state index in [1.807, 2.05) is 60.7 Å². The van der Waals surface area contributed by atoms with Crippen molar-refractivity contribution in [3.8, 4) is 0 Å². The van der Waals surface area contributed by atoms with E-state index in [0.717, 1.165) is 23.3 Å². The molecule has 0 bridgehead atoms. The number of cyclic esters (lactones) is 1. The lowest BCUT2D eigenvalue weighted by Gasteiger charge is -2.52. The van der Waals surface area contributed by atoms with E-state index in [-0.39, 0.29) is 37.3 Å². The first-order valence-corrected chi connectivity index (χ1v) is 14.5. The molecule has 4 atom stereocenters. The number of hydrogen-bond donors (Lipinski definition) is 1. The zero-order valence-corrected chi connectivity index (χ0v) is 24.4. The first-order valence-electron chi connectivity index (χ1n) is 14.5. The Morgan fingerprint density at radius 2 is 1.69 bits per heavy atom. The molecule has 8 nitrogen and oxygen atoms in total. The van der Waals surface area contributed by atoms with Gasteiger partial charge in [0.15, 0.2) is 0 Å². The highest BCUT2D eigenvalue weighted by Gasteiger charge is 2.57. The number of benzene rings is 3. The first-order chi connectivity index (χ1) is 21.5. The van der Waals surface area contributed by atoms with Gasteiger partial charge in [-0.2, -0.15) is 13.2 Å². The van der Waals surface area contributed by atoms with Gasteiger partial charge >= 0.3 is 12.3 Å². The number of ketones is 1. The number of rotatable bonds is 11. The Morgan fingerprint density at radius 1 is 1.00 bits per heavy atom. The minimum absolute atomic E-state index is 0.00947. The number of Topliss-reactive ketones (excluding diaryl/α,β-unsaturated/α-hetero) is 1. The van der Waals surface area contributed by atoms with Gasteiger partial charge in [-0.15, -0.1) is 0 Å². The van der Waals surface area contributed by atoms with Gasteiger partial charge in [0.2, 0.25) is 11.8 Å². The van der Waals surface area contributed by atoms with Crippen molar-refractivity contribution in [2.75, 3.05) is 6.61 Å². The molecule has 1 N–H and O–H groups in total. The normalized spacial score (nSPS) is 20.6. The number of hydrogen-bond acceptors (Lipinski definition) is 5. The summed E-state index contributed by atoms with van der Waals surface area (Å²) in [5, 5.41) is 2.65. The van der Waals surface area contributed by atoms with Gasteiger partial charge < -0.3 is 19.7 Å². The molecule has 45 heavy (non-hydrogen) atoms. The number of carbonyl (C=O) groups is 4. The maximum absolute atomic E-state index is 14.0. The summed E-state index contributed by atoms with van der Waals surface area (Å²) in [6.07, 6.45) is -1.69. The largest absolute Gasteiger partial charge is 0.447 e. The summed E-state index contributed by atoms with van der Waals surface area (Å²) in [5.41, 5.74) is 0.989. The molecule has 0 aliphatic carbocycles. The molecule has 11 heteroatoms. The van der Waals surface area contributed by atoms with Crippen LogP contribution >= 0.6 is 0 Å². The predicted octanol–water partition coefficient (Wildman–Crippen LogP) is 5.55. The lowest BCUT2D eigenvalue weighted by atomic mass is 9.87. The second-order valence-electron chi connectivity index (χ2n) is 11.0. The van der Waals surface area contributed by atoms with Crippen LogP contribution in [-0.4, -0.2) is 58.2 Å². The van der Waals surface area contributed by atoms with Crippen LogP contribution < -0.4 is 5.32 Å². The molecule has 0 spiro atoms. The molecule has 2 aliphatic rings. The van der Waals surface area contributed by atoms with Crippen molar-refractivity contribution >= 4 is 29.8 Å². The predicted molar refractivity (Wildman–Crippen MR) is 159 cm³/mol. The topological polar surface area (TPSA) is 96.0 Å². The molecule has 0 saturated carbocycles. The van der Waals surface area contributed by atoms with E-state index >= 15 is 0 Å². The minimum Gasteiger partial charge on any atom is -0.447 e. The number of nitrogens with one attached hydrogen (secondary N) is 1. The fourth-order valence-corrected chi connectivity index (χ4v) is 5.71. The highest BCUT2D eigenvalue weighted by molar-refractivity contribution is 5.98. The molecule has 3 aromatic carbocycles. The van der Waals surface area contributed by atoms with Crippen LogP contribution in [-0.2, 0) is 31.8 Å². The van der Waals surface area contributed by atoms with Crippen LogP contribution in [0.3, 0.4) is 0 Å². The minimum atomic E-state index is -4.55. The summed E-state index contributed by atoms with van der Waals surface area (Å²) in [4.78, 5) is 55.4. The third-order valence-corrected chi connectivity index (χ3v) is 7.96. The molecule has 2 saturated heterocycles. The van der Waals surface area contributed by atoms with Crippen molar-refractivity contribution in [1.82, 2.24) is 15.1 Å². The second-order valence-corrected chi connectivity index (χ2v) is 11.0. The summed E-state index contributed by atoms with van der Waals surface area (Å²) in [7, 11) is 0. The third kappa shape index (κ3) is 7.08. The third-order valence-electron chi connectivity index (χ3n) is 7.96. The van der Waals surface area contributed by atoms with E-state index < -0.39 is 53.8 Å². The van der Waals surface area contributed by atoms with Gasteiger partial charge in [-0.3, -0.25) is 14.5 Å². The zero-order valence-electron chi connectivity index (χ0n) is 24.4. The molecule has 2 heterocycles. The molecule has 0 radical (unpaired) electrons. The zero-order chi connectivity index (χ0) is 32.1. The van der Waals surface area contributed by atoms with E-state index in [1.165, 1.54) is 28.9 Å². The van der Waals surface area contributed by atoms with E-state index in [1.54, 1.807) is 12.2 Å². The molecule has 2 fully saturated rings. The van der Waals surface area contributed by atoms with Crippen LogP contribution in [0.1, 0.15) is 48.1 Å². The van der Waals surface area contributed by atoms with Crippen molar-refractivity contribution in [1.29, 1.82) is 0 Å². The number of likely N-dealkylation sites (tertiary alicyclic amines) is 1. The highest BCUT2D eigenvalue weighted by atomic mass is 19.4. The number of carbonyl (C=O) groups excluding carboxylic acids is 4. The summed E-state index contributed by atoms with van der Waals surface area (Å²) < 4.78 is 45.1. The van der Waals surface area contributed by atoms with E-state index in [4.69, 9.17) is 4.74 Å². The quantitative estimate of drug-likeness (QED) is 0.284. The summed E-state index contributed by atoms with van der Waals surface area (Å²) in [6.45, 7) is 1.20. The molecule has 0 aromatic heterocycles. The smallest absolute Gasteiger partial charge is 0.416 e. The van der Waals surface area contributed by atoms with Gasteiger partial charge in [0.05, 0.1) is 17.6 Å². The molecule has 5 rings (SSSR count). The number of halogens is 3. The van der Waals surface area contributed by atoms with Gasteiger partial charge in [0.25, 0.3) is 0 Å². The van der Waals surface area contributed by atoms with Crippen LogP contribution in [0.2, 0.25) is 0 Å². The standard InChI is InChI=1S/C34H32F3N3O5/c1-22(41)15-17-28(31(42)38-20-24-11-8-14-26(19-24)34(35,36)37)39-27(18-16-23-9-4-2-5-10-23)30(32(39)43)40-29(21-45-33(40)44)25-12-6-3-7-13-25/h2-14,16,18-19,27-30H,15,17,20-21H2,1H3,(H,38,42)/b18-16+/t27-,28+,29-,30+/m1/s1. The summed E-state index contributed by atoms with van der Waals surface area (Å²) >= 11 is 0. The Bertz CT molecular complexity index is 1580. The summed E-state index contributed by atoms with van der Waals surface area (Å²) in [6, 6.07) is 19.6. The fourth-order valence-electron chi connectivity index (χ4n) is 5.71. The molecule has 0 unspecified atom stereocenters. The average molecular weight is 620 g/mol. The van der Waals surface area contributed by atoms with Crippen molar-refractivity contribution in [2.24, 2.45) is 0 Å². The van der Waals surface area contributed by atoms with E-state index in [9.17, 15) is 32.3 Å². The molecule has 3 amide bonds. The van der Waals surface area contributed by atoms with Crippen molar-refractivity contribution in [2.45, 2.75) is 56.7 Å². The van der Waals surface area contributed by atoms with Crippen LogP contribution in [0.5, 0.6) is 0 Å². The Hall–Kier alpha value is -4.93. The maximum Gasteiger partial charge on any atom is 0.416 e. The molecule has 2 aliphatic heterocycles. The highest BCUT2D eigenvalue weighted by Crippen LogP contribution is 2.39. The fraction of sp³-hybridized carbons (Fsp3) is 0.294. The van der Waals surface area contributed by atoms with Gasteiger partial charge in [-0.25, -0.2) is 4.79 Å². The average Bonchev–Trinajstić information content (AvgIpc) is 3.40. The molecular weight excluding hydrogens is 587 g/mol. The Kier molecular flexibility index (Phi) is 9.36. The number of nitrogens with zero attached hydrogens (tertiary/aromatic N) is 2. The Balaban J connectivity index is 1.44. The monoisotopic (exact) mass is 619 g/mol. The SMILES string of the molecule is CC(=O)CC[C@@H](C(=O)NCc1cccc(C(F)(F)F)c1)N1C(=O)[C@@H](N2C(=O)OC[C@@H]2c2ccccc2)[C@H]1/C=C/c1ccccc1. The van der Waals surface area contributed by atoms with Crippen molar-refractivity contribution in [3.63, 3.8) is 0 Å². The van der Waals surface area contributed by atoms with Gasteiger partial charge in [-0.05, 0) is 42.2 Å². The number of amides is 3. The Morgan fingerprint density at radius 3 is 2.36 bits per heavy atom. The molecular formula is C34H32F3N3O5. The van der Waals surface area contributed by atoms with Crippen molar-refractivity contribution in [3.05, 3.63) is 113 Å². The molecule has 234 valence electrons. The van der Waals surface area contributed by atoms with Crippen LogP contribution in [0.15, 0.2) is 91.0 Å². The van der Waals surface area contributed by atoms with Gasteiger partial charge in [0.1, 0.15) is 24.5 Å². The lowest BCUT2D eigenvalue weighted by molar-refractivity contribution is -0.163. The second kappa shape index (κ2) is 13.4. The number of β-lactam (4-membered cyclic amide) rings is 1. The summed E-state index contributed by atoms with van der Waals surface area (Å²) in [5.74, 6) is -1.32. The Labute approximate surface area is 258 Å². The van der Waals surface area contributed by atoms with Crippen LogP contribution in [0.25, 0.3) is 6.08 Å². The van der Waals surface area contributed by atoms with E-state index in [0.29, 0.717) is 0 Å². The van der Waals surface area contributed by atoms with Crippen molar-refractivity contribution < 1.29 is 37.1 Å². The first kappa shape index (κ1) is 31.5. The van der Waals surface area contributed by atoms with Gasteiger partial charge in [-0.1, -0.05) is 84.9 Å². The van der Waals surface area contributed by atoms with Crippen LogP contribution in [0, 0.1) is 0 Å². The number of ether oxygens (including phenoxy) is 1.